The van der Waals surface area contributed by atoms with Gasteiger partial charge in [-0.3, -0.25) is 0 Å². The highest BCUT2D eigenvalue weighted by atomic mass is 16.5. The van der Waals surface area contributed by atoms with Crippen molar-refractivity contribution in [2.24, 2.45) is 0 Å². The summed E-state index contributed by atoms with van der Waals surface area (Å²) in [7, 11) is 3.96. The second-order valence-electron chi connectivity index (χ2n) is 7.78. The fourth-order valence-electron chi connectivity index (χ4n) is 4.47. The number of benzene rings is 2. The number of nitrogens with zero attached hydrogens (tertiary/aromatic N) is 1. The number of quaternary nitrogens is 1. The van der Waals surface area contributed by atoms with Crippen LogP contribution in [0.25, 0.3) is 5.70 Å². The molecule has 2 aromatic carbocycles. The molecule has 1 fully saturated rings. The largest absolute Gasteiger partial charge is 0.497 e. The first kappa shape index (κ1) is 16.7. The van der Waals surface area contributed by atoms with Gasteiger partial charge in [0.15, 0.2) is 5.72 Å². The van der Waals surface area contributed by atoms with Gasteiger partial charge in [0.05, 0.1) is 51.8 Å². The fraction of sp³-hybridized carbons (Fsp3) is 0.364. The zero-order valence-corrected chi connectivity index (χ0v) is 15.9. The van der Waals surface area contributed by atoms with E-state index >= 15 is 0 Å². The second-order valence-corrected chi connectivity index (χ2v) is 7.78. The minimum absolute atomic E-state index is 0.186. The number of likely N-dealkylation sites (tertiary alicyclic amines) is 1. The zero-order valence-electron chi connectivity index (χ0n) is 15.9. The molecule has 1 saturated heterocycles. The second kappa shape index (κ2) is 6.29. The first-order valence-electron chi connectivity index (χ1n) is 9.70. The maximum absolute atomic E-state index is 6.64. The number of hydrazine groups is 1. The number of piperidine rings is 1. The van der Waals surface area contributed by atoms with Gasteiger partial charge in [0.2, 0.25) is 0 Å². The molecule has 1 atom stereocenters. The monoisotopic (exact) mass is 364 g/mol. The summed E-state index contributed by atoms with van der Waals surface area (Å²) in [6.45, 7) is 2.23. The highest BCUT2D eigenvalue weighted by Gasteiger charge is 2.52. The minimum Gasteiger partial charge on any atom is -0.497 e. The Morgan fingerprint density at radius 1 is 1.11 bits per heavy atom. The van der Waals surface area contributed by atoms with Crippen LogP contribution in [0.5, 0.6) is 11.5 Å². The van der Waals surface area contributed by atoms with Crippen LogP contribution in [0.1, 0.15) is 30.0 Å². The third-order valence-electron chi connectivity index (χ3n) is 6.11. The Hall–Kier alpha value is -2.50. The molecule has 0 amide bonds. The number of nitrogens with one attached hydrogen (secondary N) is 2. The van der Waals surface area contributed by atoms with Gasteiger partial charge >= 0.3 is 0 Å². The van der Waals surface area contributed by atoms with Crippen LogP contribution in [-0.4, -0.2) is 38.0 Å². The highest BCUT2D eigenvalue weighted by molar-refractivity contribution is 5.68. The van der Waals surface area contributed by atoms with Crippen molar-refractivity contribution < 1.29 is 14.4 Å². The number of methoxy groups -OCH3 is 1. The van der Waals surface area contributed by atoms with E-state index in [2.05, 4.69) is 60.0 Å². The molecule has 0 aromatic heterocycles. The number of ether oxygens (including phenoxy) is 2. The predicted octanol–water partition coefficient (Wildman–Crippen LogP) is 1.99. The number of hydrogen-bond donors (Lipinski definition) is 2. The number of hydrogen-bond acceptors (Lipinski definition) is 4. The summed E-state index contributed by atoms with van der Waals surface area (Å²) in [5.74, 6) is 1.89. The molecule has 3 aliphatic heterocycles. The van der Waals surface area contributed by atoms with E-state index < -0.39 is 0 Å². The standard InChI is InChI=1S/C22H25N3O2/c1-24-13-11-22(12-14-24)25-20(18-5-3-4-6-21(18)27-22)15-19(23-25)16-7-9-17(26-2)10-8-16/h3-10,15,20,23H,11-14H2,1-2H3/p+1. The average Bonchev–Trinajstić information content (AvgIpc) is 3.17. The lowest BCUT2D eigenvalue weighted by atomic mass is 9.93. The smallest absolute Gasteiger partial charge is 0.191 e. The van der Waals surface area contributed by atoms with E-state index in [1.54, 1.807) is 12.0 Å². The lowest BCUT2D eigenvalue weighted by molar-refractivity contribution is -0.888. The Morgan fingerprint density at radius 2 is 1.85 bits per heavy atom. The Bertz CT molecular complexity index is 869. The molecule has 2 N–H and O–H groups in total. The van der Waals surface area contributed by atoms with Crippen LogP contribution in [0.4, 0.5) is 0 Å². The van der Waals surface area contributed by atoms with E-state index in [1.165, 1.54) is 5.56 Å². The van der Waals surface area contributed by atoms with Crippen molar-refractivity contribution in [3.05, 3.63) is 65.7 Å². The van der Waals surface area contributed by atoms with Crippen LogP contribution in [-0.2, 0) is 0 Å². The lowest BCUT2D eigenvalue weighted by Crippen LogP contribution is -3.11. The molecule has 0 saturated carbocycles. The molecule has 5 rings (SSSR count). The van der Waals surface area contributed by atoms with Crippen molar-refractivity contribution in [1.29, 1.82) is 0 Å². The van der Waals surface area contributed by atoms with Crippen molar-refractivity contribution in [2.45, 2.75) is 24.6 Å². The summed E-state index contributed by atoms with van der Waals surface area (Å²) >= 11 is 0. The number of fused-ring (bicyclic) bond motifs is 4. The highest BCUT2D eigenvalue weighted by Crippen LogP contribution is 2.47. The van der Waals surface area contributed by atoms with Gasteiger partial charge in [-0.2, -0.15) is 5.01 Å². The summed E-state index contributed by atoms with van der Waals surface area (Å²) in [4.78, 5) is 1.57. The molecular weight excluding hydrogens is 338 g/mol. The van der Waals surface area contributed by atoms with Crippen LogP contribution in [0, 0.1) is 0 Å². The molecule has 1 spiro atoms. The lowest BCUT2D eigenvalue weighted by Gasteiger charge is -2.50. The van der Waals surface area contributed by atoms with Crippen molar-refractivity contribution in [2.75, 3.05) is 27.2 Å². The number of para-hydroxylation sites is 1. The summed E-state index contributed by atoms with van der Waals surface area (Å²) in [5, 5.41) is 2.35. The molecule has 3 heterocycles. The van der Waals surface area contributed by atoms with E-state index in [0.29, 0.717) is 0 Å². The van der Waals surface area contributed by atoms with Gasteiger partial charge in [-0.15, -0.1) is 0 Å². The first-order chi connectivity index (χ1) is 13.2. The Kier molecular flexibility index (Phi) is 3.88. The molecule has 140 valence electrons. The van der Waals surface area contributed by atoms with Gasteiger partial charge in [0.25, 0.3) is 0 Å². The Morgan fingerprint density at radius 3 is 2.59 bits per heavy atom. The third kappa shape index (κ3) is 2.69. The van der Waals surface area contributed by atoms with Crippen LogP contribution in [0.2, 0.25) is 0 Å². The molecule has 3 aliphatic rings. The SMILES string of the molecule is COc1ccc(C2=CC3c4ccccc4OC4(CC[NH+](C)CC4)N3N2)cc1. The van der Waals surface area contributed by atoms with Crippen molar-refractivity contribution in [3.63, 3.8) is 0 Å². The molecule has 5 heteroatoms. The van der Waals surface area contributed by atoms with Crippen LogP contribution in [0.3, 0.4) is 0 Å². The van der Waals surface area contributed by atoms with E-state index in [4.69, 9.17) is 9.47 Å². The maximum atomic E-state index is 6.64. The Balaban J connectivity index is 1.54. The predicted molar refractivity (Wildman–Crippen MR) is 104 cm³/mol. The van der Waals surface area contributed by atoms with Gasteiger partial charge in [0, 0.05) is 5.56 Å². The van der Waals surface area contributed by atoms with Crippen LogP contribution in [0.15, 0.2) is 54.6 Å². The molecule has 27 heavy (non-hydrogen) atoms. The van der Waals surface area contributed by atoms with Gasteiger partial charge in [-0.1, -0.05) is 18.2 Å². The minimum atomic E-state index is -0.288. The molecule has 0 radical (unpaired) electrons. The molecule has 0 aliphatic carbocycles. The van der Waals surface area contributed by atoms with E-state index in [0.717, 1.165) is 48.7 Å². The summed E-state index contributed by atoms with van der Waals surface area (Å²) in [5.41, 5.74) is 6.92. The molecule has 5 nitrogen and oxygen atoms in total. The van der Waals surface area contributed by atoms with Crippen LogP contribution >= 0.6 is 0 Å². The average molecular weight is 364 g/mol. The van der Waals surface area contributed by atoms with E-state index in [-0.39, 0.29) is 11.8 Å². The first-order valence-corrected chi connectivity index (χ1v) is 9.70. The van der Waals surface area contributed by atoms with E-state index in [1.807, 2.05) is 12.1 Å². The van der Waals surface area contributed by atoms with Crippen molar-refractivity contribution in [1.82, 2.24) is 10.4 Å². The number of rotatable bonds is 2. The summed E-state index contributed by atoms with van der Waals surface area (Å²) in [6.07, 6.45) is 4.36. The molecular formula is C22H26N3O2+. The van der Waals surface area contributed by atoms with E-state index in [9.17, 15) is 0 Å². The van der Waals surface area contributed by atoms with Crippen molar-refractivity contribution >= 4 is 5.70 Å². The van der Waals surface area contributed by atoms with Gasteiger partial charge in [-0.05, 0) is 42.0 Å². The van der Waals surface area contributed by atoms with Crippen LogP contribution < -0.4 is 19.8 Å². The normalized spacial score (nSPS) is 29.3. The maximum Gasteiger partial charge on any atom is 0.191 e. The quantitative estimate of drug-likeness (QED) is 0.855. The van der Waals surface area contributed by atoms with Gasteiger partial charge < -0.3 is 19.8 Å². The molecule has 0 bridgehead atoms. The fourth-order valence-corrected chi connectivity index (χ4v) is 4.47. The summed E-state index contributed by atoms with van der Waals surface area (Å²) in [6, 6.07) is 16.9. The molecule has 1 unspecified atom stereocenters. The topological polar surface area (TPSA) is 38.2 Å². The summed E-state index contributed by atoms with van der Waals surface area (Å²) < 4.78 is 11.9. The van der Waals surface area contributed by atoms with Crippen molar-refractivity contribution in [3.8, 4) is 11.5 Å². The third-order valence-corrected chi connectivity index (χ3v) is 6.11. The molecule has 2 aromatic rings. The Labute approximate surface area is 160 Å². The van der Waals surface area contributed by atoms with Gasteiger partial charge in [-0.25, -0.2) is 0 Å². The van der Waals surface area contributed by atoms with Gasteiger partial charge in [0.1, 0.15) is 11.5 Å². The zero-order chi connectivity index (χ0) is 18.4.